The summed E-state index contributed by atoms with van der Waals surface area (Å²) in [5.74, 6) is -2.00. The molecule has 7 nitrogen and oxygen atoms in total. The Morgan fingerprint density at radius 2 is 1.60 bits per heavy atom. The molecule has 2 amide bonds. The van der Waals surface area contributed by atoms with E-state index in [1.165, 1.54) is 23.1 Å². The Labute approximate surface area is 234 Å². The first-order valence-corrected chi connectivity index (χ1v) is 15.2. The predicted molar refractivity (Wildman–Crippen MR) is 147 cm³/mol. The third kappa shape index (κ3) is 8.06. The quantitative estimate of drug-likeness (QED) is 0.431. The summed E-state index contributed by atoms with van der Waals surface area (Å²) >= 11 is 0. The van der Waals surface area contributed by atoms with Gasteiger partial charge in [0.15, 0.2) is 9.84 Å². The van der Waals surface area contributed by atoms with Crippen LogP contribution in [0, 0.1) is 0 Å². The highest BCUT2D eigenvalue weighted by Crippen LogP contribution is 2.30. The molecule has 1 aliphatic carbocycles. The molecule has 40 heavy (non-hydrogen) atoms. The van der Waals surface area contributed by atoms with Crippen molar-refractivity contribution < 1.29 is 31.2 Å². The largest absolute Gasteiger partial charge is 0.416 e. The molecule has 0 radical (unpaired) electrons. The van der Waals surface area contributed by atoms with E-state index in [0.717, 1.165) is 37.0 Å². The van der Waals surface area contributed by atoms with Gasteiger partial charge in [-0.2, -0.15) is 13.2 Å². The van der Waals surface area contributed by atoms with Crippen molar-refractivity contribution in [2.45, 2.75) is 82.1 Å². The fraction of sp³-hybridized carbons (Fsp3) is 0.517. The lowest BCUT2D eigenvalue weighted by Gasteiger charge is -2.40. The van der Waals surface area contributed by atoms with Crippen molar-refractivity contribution in [2.24, 2.45) is 0 Å². The number of nitrogens with one attached hydrogen (secondary N) is 1. The van der Waals surface area contributed by atoms with E-state index in [2.05, 4.69) is 24.1 Å². The zero-order chi connectivity index (χ0) is 29.7. The monoisotopic (exact) mass is 581 g/mol. The van der Waals surface area contributed by atoms with Gasteiger partial charge in [0, 0.05) is 23.7 Å². The van der Waals surface area contributed by atoms with Crippen LogP contribution in [0.25, 0.3) is 0 Å². The van der Waals surface area contributed by atoms with E-state index < -0.39 is 45.8 Å². The first kappa shape index (κ1) is 31.6. The number of halogens is 3. The normalized spacial score (nSPS) is 18.1. The smallest absolute Gasteiger partial charge is 0.343 e. The maximum atomic E-state index is 13.4. The second-order valence-electron chi connectivity index (χ2n) is 10.6. The summed E-state index contributed by atoms with van der Waals surface area (Å²) in [5.41, 5.74) is -0.233. The number of carbonyl (C=O) groups excluding carboxylic acids is 2. The average Bonchev–Trinajstić information content (AvgIpc) is 2.93. The number of carbonyl (C=O) groups is 2. The Hall–Kier alpha value is -2.92. The lowest BCUT2D eigenvalue weighted by molar-refractivity contribution is -0.137. The number of hydrogen-bond donors (Lipinski definition) is 1. The van der Waals surface area contributed by atoms with Gasteiger partial charge in [-0.15, -0.1) is 0 Å². The summed E-state index contributed by atoms with van der Waals surface area (Å²) in [6.07, 6.45) is -1.10. The number of alkyl halides is 3. The number of hydrogen-bond acceptors (Lipinski definition) is 5. The summed E-state index contributed by atoms with van der Waals surface area (Å²) in [4.78, 5) is 29.7. The van der Waals surface area contributed by atoms with Crippen molar-refractivity contribution in [3.63, 3.8) is 0 Å². The number of amides is 2. The van der Waals surface area contributed by atoms with Gasteiger partial charge in [-0.05, 0) is 88.9 Å². The topological polar surface area (TPSA) is 86.8 Å². The number of sulfone groups is 1. The first-order chi connectivity index (χ1) is 18.7. The standard InChI is InChI=1S/C29H38F3N3O4S/c1-5-21-9-15-26(16-10-21)40(38,39)19-35(25-13-11-24(12-14-25)34(4)20(2)3)27(36)18-33-28(37)22-7-6-8-23(17-22)29(30,31)32/h6-10,15-17,20,24-25H,5,11-14,18-19H2,1-4H3,(H,33,37). The Balaban J connectivity index is 1.78. The molecule has 1 saturated carbocycles. The van der Waals surface area contributed by atoms with Gasteiger partial charge >= 0.3 is 6.18 Å². The molecule has 2 aromatic carbocycles. The summed E-state index contributed by atoms with van der Waals surface area (Å²) in [7, 11) is -1.83. The third-order valence-corrected chi connectivity index (χ3v) is 9.28. The van der Waals surface area contributed by atoms with Gasteiger partial charge in [-0.25, -0.2) is 8.42 Å². The van der Waals surface area contributed by atoms with Gasteiger partial charge < -0.3 is 15.1 Å². The lowest BCUT2D eigenvalue weighted by atomic mass is 9.89. The molecule has 2 aromatic rings. The van der Waals surface area contributed by atoms with Gasteiger partial charge in [0.2, 0.25) is 5.91 Å². The summed E-state index contributed by atoms with van der Waals surface area (Å²) in [6.45, 7) is 5.63. The molecular formula is C29H38F3N3O4S. The van der Waals surface area contributed by atoms with E-state index in [0.29, 0.717) is 31.0 Å². The van der Waals surface area contributed by atoms with Gasteiger partial charge in [0.05, 0.1) is 17.0 Å². The number of aryl methyl sites for hydroxylation is 1. The van der Waals surface area contributed by atoms with Crippen LogP contribution in [0.15, 0.2) is 53.4 Å². The fourth-order valence-corrected chi connectivity index (χ4v) is 6.39. The van der Waals surface area contributed by atoms with Gasteiger partial charge in [0.1, 0.15) is 5.88 Å². The Kier molecular flexibility index (Phi) is 10.4. The molecule has 0 saturated heterocycles. The minimum Gasteiger partial charge on any atom is -0.343 e. The molecular weight excluding hydrogens is 543 g/mol. The molecule has 3 rings (SSSR count). The van der Waals surface area contributed by atoms with Crippen LogP contribution in [0.1, 0.15) is 67.9 Å². The van der Waals surface area contributed by atoms with Gasteiger partial charge in [-0.1, -0.05) is 25.1 Å². The molecule has 0 spiro atoms. The highest BCUT2D eigenvalue weighted by Gasteiger charge is 2.34. The molecule has 220 valence electrons. The van der Waals surface area contributed by atoms with Crippen molar-refractivity contribution >= 4 is 21.7 Å². The van der Waals surface area contributed by atoms with E-state index in [9.17, 15) is 31.2 Å². The van der Waals surface area contributed by atoms with Gasteiger partial charge in [0.25, 0.3) is 5.91 Å². The molecule has 0 heterocycles. The maximum absolute atomic E-state index is 13.4. The van der Waals surface area contributed by atoms with Crippen molar-refractivity contribution in [1.29, 1.82) is 0 Å². The Morgan fingerprint density at radius 3 is 2.15 bits per heavy atom. The SMILES string of the molecule is CCc1ccc(S(=O)(=O)CN(C(=O)CNC(=O)c2cccc(C(F)(F)F)c2)C2CCC(N(C)C(C)C)CC2)cc1. The van der Waals surface area contributed by atoms with E-state index in [4.69, 9.17) is 0 Å². The molecule has 0 bridgehead atoms. The van der Waals surface area contributed by atoms with Gasteiger partial charge in [-0.3, -0.25) is 9.59 Å². The zero-order valence-corrected chi connectivity index (χ0v) is 24.2. The second-order valence-corrected chi connectivity index (χ2v) is 12.5. The number of nitrogens with zero attached hydrogens (tertiary/aromatic N) is 2. The molecule has 0 unspecified atom stereocenters. The highest BCUT2D eigenvalue weighted by atomic mass is 32.2. The van der Waals surface area contributed by atoms with E-state index in [1.807, 2.05) is 14.0 Å². The molecule has 1 N–H and O–H groups in total. The zero-order valence-electron chi connectivity index (χ0n) is 23.4. The van der Waals surface area contributed by atoms with Crippen LogP contribution < -0.4 is 5.32 Å². The predicted octanol–water partition coefficient (Wildman–Crippen LogP) is 4.91. The van der Waals surface area contributed by atoms with E-state index in [1.54, 1.807) is 12.1 Å². The Bertz CT molecular complexity index is 1270. The molecule has 11 heteroatoms. The lowest BCUT2D eigenvalue weighted by Crippen LogP contribution is -2.50. The van der Waals surface area contributed by atoms with Crippen LogP contribution in [-0.4, -0.2) is 67.6 Å². The van der Waals surface area contributed by atoms with Crippen molar-refractivity contribution in [2.75, 3.05) is 19.5 Å². The molecule has 0 aliphatic heterocycles. The maximum Gasteiger partial charge on any atom is 0.416 e. The van der Waals surface area contributed by atoms with Crippen molar-refractivity contribution in [3.05, 3.63) is 65.2 Å². The minimum atomic E-state index is -4.62. The summed E-state index contributed by atoms with van der Waals surface area (Å²) in [5, 5.41) is 2.38. The molecule has 0 atom stereocenters. The van der Waals surface area contributed by atoms with Crippen LogP contribution in [-0.2, 0) is 27.2 Å². The van der Waals surface area contributed by atoms with E-state index >= 15 is 0 Å². The fourth-order valence-electron chi connectivity index (χ4n) is 4.97. The van der Waals surface area contributed by atoms with Crippen LogP contribution in [0.4, 0.5) is 13.2 Å². The highest BCUT2D eigenvalue weighted by molar-refractivity contribution is 7.91. The second kappa shape index (κ2) is 13.2. The molecule has 1 fully saturated rings. The first-order valence-electron chi connectivity index (χ1n) is 13.5. The summed E-state index contributed by atoms with van der Waals surface area (Å²) in [6, 6.07) is 10.8. The van der Waals surface area contributed by atoms with E-state index in [-0.39, 0.29) is 16.5 Å². The van der Waals surface area contributed by atoms with Crippen LogP contribution in [0.5, 0.6) is 0 Å². The Morgan fingerprint density at radius 1 is 1.00 bits per heavy atom. The summed E-state index contributed by atoms with van der Waals surface area (Å²) < 4.78 is 65.9. The molecule has 0 aromatic heterocycles. The number of rotatable bonds is 10. The number of benzene rings is 2. The minimum absolute atomic E-state index is 0.101. The average molecular weight is 582 g/mol. The third-order valence-electron chi connectivity index (χ3n) is 7.67. The molecule has 1 aliphatic rings. The van der Waals surface area contributed by atoms with Crippen molar-refractivity contribution in [1.82, 2.24) is 15.1 Å². The van der Waals surface area contributed by atoms with Crippen LogP contribution in [0.2, 0.25) is 0 Å². The van der Waals surface area contributed by atoms with Crippen LogP contribution >= 0.6 is 0 Å². The van der Waals surface area contributed by atoms with Crippen LogP contribution in [0.3, 0.4) is 0 Å². The van der Waals surface area contributed by atoms with Crippen molar-refractivity contribution in [3.8, 4) is 0 Å².